The van der Waals surface area contributed by atoms with Gasteiger partial charge in [-0.3, -0.25) is 5.43 Å². The van der Waals surface area contributed by atoms with Crippen LogP contribution in [0.25, 0.3) is 0 Å². The first kappa shape index (κ1) is 15.8. The van der Waals surface area contributed by atoms with Gasteiger partial charge in [-0.15, -0.1) is 0 Å². The molecule has 2 N–H and O–H groups in total. The average molecular weight is 305 g/mol. The maximum atomic E-state index is 5.24. The van der Waals surface area contributed by atoms with Crippen molar-refractivity contribution >= 4 is 23.0 Å². The molecule has 4 nitrogen and oxygen atoms in total. The zero-order valence-corrected chi connectivity index (χ0v) is 13.5. The topological polar surface area (TPSA) is 45.6 Å². The SMILES string of the molecule is COc1ccc(CNC(=S)NN=C2CCC(C)CC2)cc1. The van der Waals surface area contributed by atoms with Gasteiger partial charge >= 0.3 is 0 Å². The Kier molecular flexibility index (Phi) is 5.99. The van der Waals surface area contributed by atoms with E-state index in [-0.39, 0.29) is 0 Å². The zero-order chi connectivity index (χ0) is 15.1. The van der Waals surface area contributed by atoms with Gasteiger partial charge in [-0.05, 0) is 61.5 Å². The van der Waals surface area contributed by atoms with Crippen molar-refractivity contribution in [2.24, 2.45) is 11.0 Å². The quantitative estimate of drug-likeness (QED) is 0.662. The average Bonchev–Trinajstić information content (AvgIpc) is 2.53. The van der Waals surface area contributed by atoms with Crippen molar-refractivity contribution in [3.8, 4) is 5.75 Å². The molecule has 0 amide bonds. The Morgan fingerprint density at radius 3 is 2.57 bits per heavy atom. The van der Waals surface area contributed by atoms with Crippen molar-refractivity contribution in [2.75, 3.05) is 7.11 Å². The van der Waals surface area contributed by atoms with Crippen molar-refractivity contribution < 1.29 is 4.74 Å². The summed E-state index contributed by atoms with van der Waals surface area (Å²) in [6.45, 7) is 2.98. The highest BCUT2D eigenvalue weighted by Crippen LogP contribution is 2.20. The predicted molar refractivity (Wildman–Crippen MR) is 90.6 cm³/mol. The van der Waals surface area contributed by atoms with Crippen LogP contribution in [0.5, 0.6) is 5.75 Å². The van der Waals surface area contributed by atoms with Crippen molar-refractivity contribution in [2.45, 2.75) is 39.2 Å². The van der Waals surface area contributed by atoms with Gasteiger partial charge in [0.25, 0.3) is 0 Å². The lowest BCUT2D eigenvalue weighted by molar-refractivity contribution is 0.414. The zero-order valence-electron chi connectivity index (χ0n) is 12.7. The highest BCUT2D eigenvalue weighted by atomic mass is 32.1. The smallest absolute Gasteiger partial charge is 0.187 e. The lowest BCUT2D eigenvalue weighted by Crippen LogP contribution is -2.32. The van der Waals surface area contributed by atoms with E-state index in [1.54, 1.807) is 7.11 Å². The first-order valence-corrected chi connectivity index (χ1v) is 7.80. The number of hydrogen-bond acceptors (Lipinski definition) is 3. The highest BCUT2D eigenvalue weighted by Gasteiger charge is 2.13. The molecule has 1 aromatic carbocycles. The minimum absolute atomic E-state index is 0.567. The van der Waals surface area contributed by atoms with Crippen LogP contribution < -0.4 is 15.5 Å². The summed E-state index contributed by atoms with van der Waals surface area (Å²) in [5.74, 6) is 1.68. The van der Waals surface area contributed by atoms with Crippen LogP contribution in [0.1, 0.15) is 38.2 Å². The maximum Gasteiger partial charge on any atom is 0.187 e. The summed E-state index contributed by atoms with van der Waals surface area (Å²) in [7, 11) is 1.66. The number of methoxy groups -OCH3 is 1. The first-order chi connectivity index (χ1) is 10.2. The Hall–Kier alpha value is -1.62. The van der Waals surface area contributed by atoms with Gasteiger partial charge in [-0.25, -0.2) is 0 Å². The van der Waals surface area contributed by atoms with Gasteiger partial charge < -0.3 is 10.1 Å². The summed E-state index contributed by atoms with van der Waals surface area (Å²) in [5, 5.41) is 8.12. The third-order valence-electron chi connectivity index (χ3n) is 3.78. The van der Waals surface area contributed by atoms with Crippen molar-refractivity contribution in [3.63, 3.8) is 0 Å². The van der Waals surface area contributed by atoms with Gasteiger partial charge in [0.1, 0.15) is 5.75 Å². The molecule has 1 aliphatic rings. The minimum atomic E-state index is 0.567. The van der Waals surface area contributed by atoms with E-state index in [2.05, 4.69) is 22.8 Å². The van der Waals surface area contributed by atoms with Gasteiger partial charge in [0.2, 0.25) is 0 Å². The molecule has 0 heterocycles. The van der Waals surface area contributed by atoms with Crippen molar-refractivity contribution in [3.05, 3.63) is 29.8 Å². The number of benzene rings is 1. The van der Waals surface area contributed by atoms with E-state index in [9.17, 15) is 0 Å². The molecule has 0 aromatic heterocycles. The summed E-state index contributed by atoms with van der Waals surface area (Å²) >= 11 is 5.24. The molecule has 0 saturated heterocycles. The second-order valence-electron chi connectivity index (χ2n) is 5.50. The summed E-state index contributed by atoms with van der Waals surface area (Å²) in [4.78, 5) is 0. The maximum absolute atomic E-state index is 5.24. The number of nitrogens with one attached hydrogen (secondary N) is 2. The fourth-order valence-electron chi connectivity index (χ4n) is 2.30. The first-order valence-electron chi connectivity index (χ1n) is 7.39. The number of hydrogen-bond donors (Lipinski definition) is 2. The molecule has 0 bridgehead atoms. The Bertz CT molecular complexity index is 489. The predicted octanol–water partition coefficient (Wildman–Crippen LogP) is 3.23. The molecule has 1 fully saturated rings. The number of ether oxygens (including phenoxy) is 1. The molecule has 114 valence electrons. The Morgan fingerprint density at radius 1 is 1.29 bits per heavy atom. The third-order valence-corrected chi connectivity index (χ3v) is 4.01. The van der Waals surface area contributed by atoms with Crippen LogP contribution in [-0.2, 0) is 6.54 Å². The molecule has 0 radical (unpaired) electrons. The van der Waals surface area contributed by atoms with Gasteiger partial charge in [-0.2, -0.15) is 5.10 Å². The molecular formula is C16H23N3OS. The molecule has 21 heavy (non-hydrogen) atoms. The molecule has 2 rings (SSSR count). The number of hydrazone groups is 1. The van der Waals surface area contributed by atoms with E-state index in [4.69, 9.17) is 17.0 Å². The van der Waals surface area contributed by atoms with E-state index in [0.29, 0.717) is 11.7 Å². The fourth-order valence-corrected chi connectivity index (χ4v) is 2.42. The van der Waals surface area contributed by atoms with E-state index in [1.165, 1.54) is 18.6 Å². The van der Waals surface area contributed by atoms with E-state index < -0.39 is 0 Å². The fraction of sp³-hybridized carbons (Fsp3) is 0.500. The lowest BCUT2D eigenvalue weighted by Gasteiger charge is -2.19. The van der Waals surface area contributed by atoms with Crippen LogP contribution in [0.15, 0.2) is 29.4 Å². The minimum Gasteiger partial charge on any atom is -0.497 e. The highest BCUT2D eigenvalue weighted by molar-refractivity contribution is 7.80. The summed E-state index contributed by atoms with van der Waals surface area (Å²) in [6.07, 6.45) is 4.61. The Morgan fingerprint density at radius 2 is 1.95 bits per heavy atom. The number of thiocarbonyl (C=S) groups is 1. The van der Waals surface area contributed by atoms with Gasteiger partial charge in [0.15, 0.2) is 5.11 Å². The lowest BCUT2D eigenvalue weighted by atomic mass is 9.90. The molecule has 1 aliphatic carbocycles. The summed E-state index contributed by atoms with van der Waals surface area (Å²) in [5.41, 5.74) is 5.32. The molecule has 1 saturated carbocycles. The van der Waals surface area contributed by atoms with Gasteiger partial charge in [0, 0.05) is 12.3 Å². The molecule has 1 aromatic rings. The number of rotatable bonds is 4. The second kappa shape index (κ2) is 7.98. The van der Waals surface area contributed by atoms with Crippen LogP contribution in [0.2, 0.25) is 0 Å². The molecule has 0 atom stereocenters. The van der Waals surface area contributed by atoms with Gasteiger partial charge in [0.05, 0.1) is 7.11 Å². The second-order valence-corrected chi connectivity index (χ2v) is 5.91. The molecule has 0 spiro atoms. The van der Waals surface area contributed by atoms with Crippen LogP contribution >= 0.6 is 12.2 Å². The summed E-state index contributed by atoms with van der Waals surface area (Å²) in [6, 6.07) is 7.92. The largest absolute Gasteiger partial charge is 0.497 e. The Balaban J connectivity index is 1.73. The van der Waals surface area contributed by atoms with Crippen LogP contribution in [0, 0.1) is 5.92 Å². The van der Waals surface area contributed by atoms with E-state index >= 15 is 0 Å². The van der Waals surface area contributed by atoms with Crippen LogP contribution in [0.4, 0.5) is 0 Å². The monoisotopic (exact) mass is 305 g/mol. The van der Waals surface area contributed by atoms with E-state index in [0.717, 1.165) is 30.1 Å². The van der Waals surface area contributed by atoms with Crippen LogP contribution in [-0.4, -0.2) is 17.9 Å². The molecular weight excluding hydrogens is 282 g/mol. The van der Waals surface area contributed by atoms with Gasteiger partial charge in [-0.1, -0.05) is 19.1 Å². The molecule has 0 aliphatic heterocycles. The van der Waals surface area contributed by atoms with Crippen molar-refractivity contribution in [1.29, 1.82) is 0 Å². The number of nitrogens with zero attached hydrogens (tertiary/aromatic N) is 1. The summed E-state index contributed by atoms with van der Waals surface area (Å²) < 4.78 is 5.13. The van der Waals surface area contributed by atoms with E-state index in [1.807, 2.05) is 24.3 Å². The standard InChI is InChI=1S/C16H23N3OS/c1-12-3-7-14(8-4-12)18-19-16(21)17-11-13-5-9-15(20-2)10-6-13/h5-6,9-10,12H,3-4,7-8,11H2,1-2H3,(H2,17,19,21). The third kappa shape index (κ3) is 5.34. The molecule has 5 heteroatoms. The molecule has 0 unspecified atom stereocenters. The van der Waals surface area contributed by atoms with Crippen LogP contribution in [0.3, 0.4) is 0 Å². The van der Waals surface area contributed by atoms with Crippen molar-refractivity contribution in [1.82, 2.24) is 10.7 Å². The Labute approximate surface area is 132 Å². The normalized spacial score (nSPS) is 18.0.